The monoisotopic (exact) mass is 382 g/mol. The van der Waals surface area contributed by atoms with Crippen LogP contribution in [0.1, 0.15) is 20.7 Å². The van der Waals surface area contributed by atoms with Gasteiger partial charge in [0.05, 0.1) is 5.69 Å². The molecule has 3 aromatic carbocycles. The molecule has 28 heavy (non-hydrogen) atoms. The number of carbonyl (C=O) groups excluding carboxylic acids is 2. The van der Waals surface area contributed by atoms with E-state index in [-0.39, 0.29) is 17.3 Å². The van der Waals surface area contributed by atoms with E-state index in [0.717, 1.165) is 0 Å². The third kappa shape index (κ3) is 4.91. The summed E-state index contributed by atoms with van der Waals surface area (Å²) in [5.74, 6) is -0.889. The largest absolute Gasteiger partial charge is 0.433 e. The van der Waals surface area contributed by atoms with E-state index in [4.69, 9.17) is 0 Å². The number of benzene rings is 3. The summed E-state index contributed by atoms with van der Waals surface area (Å²) in [7, 11) is 0. The molecule has 0 bridgehead atoms. The molecule has 0 aromatic heterocycles. The van der Waals surface area contributed by atoms with Gasteiger partial charge in [-0.25, -0.2) is 0 Å². The molecule has 0 unspecified atom stereocenters. The first kappa shape index (κ1) is 19.0. The average molecular weight is 382 g/mol. The SMILES string of the molecule is O=C(Nc1ccc(C(=O)Nc2ccccc2OC(F)F)cc1)c1ccccc1. The van der Waals surface area contributed by atoms with Crippen molar-refractivity contribution >= 4 is 23.2 Å². The van der Waals surface area contributed by atoms with Crippen LogP contribution in [0.3, 0.4) is 0 Å². The highest BCUT2D eigenvalue weighted by molar-refractivity contribution is 6.06. The molecule has 2 N–H and O–H groups in total. The summed E-state index contributed by atoms with van der Waals surface area (Å²) in [4.78, 5) is 24.5. The number of amides is 2. The van der Waals surface area contributed by atoms with Crippen LogP contribution in [0.25, 0.3) is 0 Å². The molecule has 0 saturated heterocycles. The highest BCUT2D eigenvalue weighted by Gasteiger charge is 2.13. The molecule has 3 rings (SSSR count). The second-order valence-electron chi connectivity index (χ2n) is 5.73. The minimum Gasteiger partial charge on any atom is -0.433 e. The molecule has 7 heteroatoms. The van der Waals surface area contributed by atoms with Crippen LogP contribution < -0.4 is 15.4 Å². The van der Waals surface area contributed by atoms with Crippen LogP contribution in [-0.2, 0) is 0 Å². The molecule has 0 fully saturated rings. The van der Waals surface area contributed by atoms with Crippen molar-refractivity contribution in [2.75, 3.05) is 10.6 Å². The number of hydrogen-bond acceptors (Lipinski definition) is 3. The number of anilines is 2. The van der Waals surface area contributed by atoms with Gasteiger partial charge in [0.2, 0.25) is 0 Å². The van der Waals surface area contributed by atoms with Crippen LogP contribution in [-0.4, -0.2) is 18.4 Å². The van der Waals surface area contributed by atoms with Crippen LogP contribution in [0.4, 0.5) is 20.2 Å². The van der Waals surface area contributed by atoms with Crippen molar-refractivity contribution in [1.82, 2.24) is 0 Å². The van der Waals surface area contributed by atoms with Gasteiger partial charge in [0.1, 0.15) is 5.75 Å². The minimum absolute atomic E-state index is 0.127. The van der Waals surface area contributed by atoms with Gasteiger partial charge in [0, 0.05) is 16.8 Å². The summed E-state index contributed by atoms with van der Waals surface area (Å²) in [5.41, 5.74) is 1.46. The summed E-state index contributed by atoms with van der Waals surface area (Å²) in [5, 5.41) is 5.26. The lowest BCUT2D eigenvalue weighted by Crippen LogP contribution is -2.14. The first-order valence-electron chi connectivity index (χ1n) is 8.34. The molecule has 3 aromatic rings. The zero-order valence-electron chi connectivity index (χ0n) is 14.6. The zero-order valence-corrected chi connectivity index (χ0v) is 14.6. The Bertz CT molecular complexity index is 961. The lowest BCUT2D eigenvalue weighted by Gasteiger charge is -2.12. The smallest absolute Gasteiger partial charge is 0.387 e. The van der Waals surface area contributed by atoms with Gasteiger partial charge >= 0.3 is 6.61 Å². The average Bonchev–Trinajstić information content (AvgIpc) is 2.70. The van der Waals surface area contributed by atoms with Crippen molar-refractivity contribution in [3.05, 3.63) is 90.0 Å². The number of halogens is 2. The second-order valence-corrected chi connectivity index (χ2v) is 5.73. The predicted octanol–water partition coefficient (Wildman–Crippen LogP) is 4.79. The molecule has 142 valence electrons. The highest BCUT2D eigenvalue weighted by atomic mass is 19.3. The Balaban J connectivity index is 1.67. The van der Waals surface area contributed by atoms with E-state index >= 15 is 0 Å². The highest BCUT2D eigenvalue weighted by Crippen LogP contribution is 2.26. The Morgan fingerprint density at radius 1 is 0.714 bits per heavy atom. The Morgan fingerprint density at radius 2 is 1.29 bits per heavy atom. The fourth-order valence-electron chi connectivity index (χ4n) is 2.46. The maximum absolute atomic E-state index is 12.5. The molecule has 0 atom stereocenters. The number of ether oxygens (including phenoxy) is 1. The van der Waals surface area contributed by atoms with E-state index in [0.29, 0.717) is 16.8 Å². The molecular formula is C21H16F2N2O3. The summed E-state index contributed by atoms with van der Waals surface area (Å²) >= 11 is 0. The Kier molecular flexibility index (Phi) is 5.96. The van der Waals surface area contributed by atoms with Gasteiger partial charge < -0.3 is 15.4 Å². The lowest BCUT2D eigenvalue weighted by molar-refractivity contribution is -0.0493. The topological polar surface area (TPSA) is 67.4 Å². The van der Waals surface area contributed by atoms with Crippen molar-refractivity contribution < 1.29 is 23.1 Å². The van der Waals surface area contributed by atoms with Crippen LogP contribution >= 0.6 is 0 Å². The molecule has 0 spiro atoms. The van der Waals surface area contributed by atoms with Gasteiger partial charge in [-0.1, -0.05) is 30.3 Å². The second kappa shape index (κ2) is 8.77. The third-order valence-corrected chi connectivity index (χ3v) is 3.79. The molecule has 0 aliphatic carbocycles. The normalized spacial score (nSPS) is 10.4. The molecule has 0 heterocycles. The first-order valence-corrected chi connectivity index (χ1v) is 8.34. The molecule has 0 radical (unpaired) electrons. The van der Waals surface area contributed by atoms with Crippen LogP contribution in [0.15, 0.2) is 78.9 Å². The van der Waals surface area contributed by atoms with E-state index in [1.165, 1.54) is 30.3 Å². The van der Waals surface area contributed by atoms with Gasteiger partial charge in [-0.3, -0.25) is 9.59 Å². The van der Waals surface area contributed by atoms with Crippen molar-refractivity contribution in [2.45, 2.75) is 6.61 Å². The molecule has 5 nitrogen and oxygen atoms in total. The standard InChI is InChI=1S/C21H16F2N2O3/c22-21(23)28-18-9-5-4-8-17(18)25-20(27)15-10-12-16(13-11-15)24-19(26)14-6-2-1-3-7-14/h1-13,21H,(H,24,26)(H,25,27). The fourth-order valence-corrected chi connectivity index (χ4v) is 2.46. The molecule has 0 aliphatic rings. The summed E-state index contributed by atoms with van der Waals surface area (Å²) in [6.45, 7) is -2.99. The number of para-hydroxylation sites is 2. The van der Waals surface area contributed by atoms with E-state index in [1.54, 1.807) is 42.5 Å². The summed E-state index contributed by atoms with van der Waals surface area (Å²) < 4.78 is 29.3. The van der Waals surface area contributed by atoms with Gasteiger partial charge in [-0.15, -0.1) is 0 Å². The quantitative estimate of drug-likeness (QED) is 0.644. The maximum Gasteiger partial charge on any atom is 0.387 e. The van der Waals surface area contributed by atoms with Gasteiger partial charge in [0.15, 0.2) is 0 Å². The van der Waals surface area contributed by atoms with Crippen LogP contribution in [0, 0.1) is 0 Å². The summed E-state index contributed by atoms with van der Waals surface area (Å²) in [6, 6.07) is 20.8. The lowest BCUT2D eigenvalue weighted by atomic mass is 10.1. The summed E-state index contributed by atoms with van der Waals surface area (Å²) in [6.07, 6.45) is 0. The Labute approximate surface area is 160 Å². The number of nitrogens with one attached hydrogen (secondary N) is 2. The van der Waals surface area contributed by atoms with Crippen molar-refractivity contribution in [2.24, 2.45) is 0 Å². The van der Waals surface area contributed by atoms with Crippen LogP contribution in [0.5, 0.6) is 5.75 Å². The molecule has 2 amide bonds. The third-order valence-electron chi connectivity index (χ3n) is 3.79. The molecular weight excluding hydrogens is 366 g/mol. The van der Waals surface area contributed by atoms with E-state index in [9.17, 15) is 18.4 Å². The number of rotatable bonds is 6. The Morgan fingerprint density at radius 3 is 1.96 bits per heavy atom. The fraction of sp³-hybridized carbons (Fsp3) is 0.0476. The number of carbonyl (C=O) groups is 2. The number of hydrogen-bond donors (Lipinski definition) is 2. The molecule has 0 saturated carbocycles. The zero-order chi connectivity index (χ0) is 19.9. The minimum atomic E-state index is -2.99. The van der Waals surface area contributed by atoms with Crippen molar-refractivity contribution in [1.29, 1.82) is 0 Å². The van der Waals surface area contributed by atoms with Gasteiger partial charge in [-0.05, 0) is 48.5 Å². The Hall–Kier alpha value is -3.74. The maximum atomic E-state index is 12.5. The predicted molar refractivity (Wildman–Crippen MR) is 102 cm³/mol. The van der Waals surface area contributed by atoms with Crippen LogP contribution in [0.2, 0.25) is 0 Å². The van der Waals surface area contributed by atoms with E-state index in [2.05, 4.69) is 15.4 Å². The van der Waals surface area contributed by atoms with Gasteiger partial charge in [-0.2, -0.15) is 8.78 Å². The van der Waals surface area contributed by atoms with E-state index in [1.807, 2.05) is 6.07 Å². The van der Waals surface area contributed by atoms with E-state index < -0.39 is 12.5 Å². The number of alkyl halides is 2. The van der Waals surface area contributed by atoms with Gasteiger partial charge in [0.25, 0.3) is 11.8 Å². The molecule has 0 aliphatic heterocycles. The van der Waals surface area contributed by atoms with Crippen molar-refractivity contribution in [3.8, 4) is 5.75 Å². The first-order chi connectivity index (χ1) is 13.5. The van der Waals surface area contributed by atoms with Crippen molar-refractivity contribution in [3.63, 3.8) is 0 Å².